The molecule has 5 nitrogen and oxygen atoms in total. The van der Waals surface area contributed by atoms with E-state index in [1.165, 1.54) is 0 Å². The molecule has 1 heterocycles. The second kappa shape index (κ2) is 5.72. The highest BCUT2D eigenvalue weighted by Crippen LogP contribution is 2.34. The van der Waals surface area contributed by atoms with Gasteiger partial charge < -0.3 is 14.6 Å². The summed E-state index contributed by atoms with van der Waals surface area (Å²) < 4.78 is 56.4. The molecule has 0 saturated heterocycles. The van der Waals surface area contributed by atoms with Gasteiger partial charge in [0.2, 0.25) is 0 Å². The molecule has 1 aromatic heterocycles. The maximum atomic E-state index is 12.7. The van der Waals surface area contributed by atoms with Crippen LogP contribution >= 0.6 is 0 Å². The lowest BCUT2D eigenvalue weighted by molar-refractivity contribution is -0.276. The van der Waals surface area contributed by atoms with Crippen LogP contribution in [-0.2, 0) is 22.6 Å². The molecule has 0 radical (unpaired) electrons. The molecule has 0 atom stereocenters. The summed E-state index contributed by atoms with van der Waals surface area (Å²) in [4.78, 5) is 14.2. The first kappa shape index (κ1) is 15.0. The highest BCUT2D eigenvalue weighted by molar-refractivity contribution is 5.73. The van der Waals surface area contributed by atoms with E-state index in [-0.39, 0.29) is 5.56 Å². The Bertz CT molecular complexity index is 475. The van der Waals surface area contributed by atoms with Crippen LogP contribution < -0.4 is 4.74 Å². The van der Waals surface area contributed by atoms with Crippen LogP contribution in [0.15, 0.2) is 6.20 Å². The Hall–Kier alpha value is -2.06. The average Bonchev–Trinajstić information content (AvgIpc) is 2.31. The fourth-order valence-electron chi connectivity index (χ4n) is 1.27. The van der Waals surface area contributed by atoms with Gasteiger partial charge in [0, 0.05) is 11.8 Å². The van der Waals surface area contributed by atoms with Crippen LogP contribution in [0, 0.1) is 0 Å². The zero-order valence-electron chi connectivity index (χ0n) is 9.62. The van der Waals surface area contributed by atoms with E-state index in [1.807, 2.05) is 0 Å². The van der Waals surface area contributed by atoms with Crippen LogP contribution in [0.3, 0.4) is 0 Å². The van der Waals surface area contributed by atoms with E-state index in [9.17, 15) is 27.5 Å². The van der Waals surface area contributed by atoms with Gasteiger partial charge in [-0.1, -0.05) is 0 Å². The summed E-state index contributed by atoms with van der Waals surface area (Å²) in [7, 11) is 1.09. The van der Waals surface area contributed by atoms with Gasteiger partial charge >= 0.3 is 12.3 Å². The Balaban J connectivity index is 3.12. The van der Waals surface area contributed by atoms with Crippen molar-refractivity contribution in [2.45, 2.75) is 19.5 Å². The van der Waals surface area contributed by atoms with E-state index >= 15 is 0 Å². The molecule has 0 bridgehead atoms. The highest BCUT2D eigenvalue weighted by atomic mass is 19.4. The number of aromatic hydroxyl groups is 1. The number of hydrogen-bond donors (Lipinski definition) is 1. The summed E-state index contributed by atoms with van der Waals surface area (Å²) in [5.74, 6) is -3.02. The molecular weight excluding hydrogens is 274 g/mol. The molecule has 0 spiro atoms. The minimum absolute atomic E-state index is 0.0821. The molecule has 0 unspecified atom stereocenters. The third-order valence-corrected chi connectivity index (χ3v) is 2.12. The fraction of sp³-hybridized carbons (Fsp3) is 0.400. The van der Waals surface area contributed by atoms with E-state index in [0.29, 0.717) is 0 Å². The van der Waals surface area contributed by atoms with Gasteiger partial charge in [-0.3, -0.25) is 4.79 Å². The maximum absolute atomic E-state index is 12.7. The molecule has 0 aliphatic carbocycles. The Morgan fingerprint density at radius 2 is 2.11 bits per heavy atom. The summed E-state index contributed by atoms with van der Waals surface area (Å²) in [6, 6.07) is 0. The maximum Gasteiger partial charge on any atom is 0.574 e. The fourth-order valence-corrected chi connectivity index (χ4v) is 1.27. The topological polar surface area (TPSA) is 68.7 Å². The van der Waals surface area contributed by atoms with Crippen molar-refractivity contribution in [3.8, 4) is 11.6 Å². The predicted molar refractivity (Wildman–Crippen MR) is 53.1 cm³/mol. The van der Waals surface area contributed by atoms with E-state index < -0.39 is 42.6 Å². The van der Waals surface area contributed by atoms with Crippen LogP contribution in [0.1, 0.15) is 11.1 Å². The van der Waals surface area contributed by atoms with Crippen LogP contribution in [0.4, 0.5) is 17.6 Å². The van der Waals surface area contributed by atoms with Gasteiger partial charge in [0.1, 0.15) is 6.67 Å². The van der Waals surface area contributed by atoms with Gasteiger partial charge in [-0.2, -0.15) is 0 Å². The summed E-state index contributed by atoms with van der Waals surface area (Å²) in [6.07, 6.45) is -4.68. The lowest BCUT2D eigenvalue weighted by Crippen LogP contribution is -2.18. The Kier molecular flexibility index (Phi) is 4.52. The number of pyridine rings is 1. The van der Waals surface area contributed by atoms with Crippen LogP contribution in [0.5, 0.6) is 11.6 Å². The van der Waals surface area contributed by atoms with Crippen molar-refractivity contribution in [1.82, 2.24) is 4.98 Å². The van der Waals surface area contributed by atoms with Gasteiger partial charge in [-0.15, -0.1) is 13.2 Å². The largest absolute Gasteiger partial charge is 0.574 e. The molecule has 106 valence electrons. The number of esters is 1. The van der Waals surface area contributed by atoms with Gasteiger partial charge in [0.05, 0.1) is 13.5 Å². The first-order valence-corrected chi connectivity index (χ1v) is 4.86. The third kappa shape index (κ3) is 3.97. The quantitative estimate of drug-likeness (QED) is 0.675. The number of halogens is 4. The number of carbonyl (C=O) groups is 1. The normalized spacial score (nSPS) is 11.2. The highest BCUT2D eigenvalue weighted by Gasteiger charge is 2.34. The summed E-state index contributed by atoms with van der Waals surface area (Å²) in [5, 5.41) is 9.44. The van der Waals surface area contributed by atoms with Crippen molar-refractivity contribution < 1.29 is 36.9 Å². The minimum Gasteiger partial charge on any atom is -0.503 e. The van der Waals surface area contributed by atoms with E-state index in [4.69, 9.17) is 0 Å². The van der Waals surface area contributed by atoms with E-state index in [2.05, 4.69) is 14.5 Å². The smallest absolute Gasteiger partial charge is 0.503 e. The Morgan fingerprint density at radius 1 is 1.47 bits per heavy atom. The van der Waals surface area contributed by atoms with E-state index in [0.717, 1.165) is 13.3 Å². The lowest BCUT2D eigenvalue weighted by Gasteiger charge is -2.13. The molecule has 0 amide bonds. The Morgan fingerprint density at radius 3 is 2.58 bits per heavy atom. The molecule has 1 rings (SSSR count). The number of carbonyl (C=O) groups excluding carboxylic acids is 1. The van der Waals surface area contributed by atoms with Crippen molar-refractivity contribution in [3.63, 3.8) is 0 Å². The number of alkyl halides is 4. The number of nitrogens with zero attached hydrogens (tertiary/aromatic N) is 1. The van der Waals surface area contributed by atoms with Crippen molar-refractivity contribution in [1.29, 1.82) is 0 Å². The van der Waals surface area contributed by atoms with Crippen LogP contribution in [-0.4, -0.2) is 29.5 Å². The van der Waals surface area contributed by atoms with Gasteiger partial charge in [-0.05, 0) is 5.56 Å². The molecular formula is C10H9F4NO4. The molecule has 0 aliphatic heterocycles. The standard InChI is InChI=1S/C10H9F4NO4/c1-18-7(16)2-5-4-15-9(19-10(12,13)14)8(17)6(5)3-11/h4,17H,2-3H2,1H3. The summed E-state index contributed by atoms with van der Waals surface area (Å²) >= 11 is 0. The van der Waals surface area contributed by atoms with Crippen molar-refractivity contribution in [2.24, 2.45) is 0 Å². The minimum atomic E-state index is -5.07. The van der Waals surface area contributed by atoms with Crippen molar-refractivity contribution in [3.05, 3.63) is 17.3 Å². The van der Waals surface area contributed by atoms with Gasteiger partial charge in [0.25, 0.3) is 5.88 Å². The average molecular weight is 283 g/mol. The molecule has 19 heavy (non-hydrogen) atoms. The summed E-state index contributed by atoms with van der Waals surface area (Å²) in [6.45, 7) is -1.28. The first-order chi connectivity index (χ1) is 8.78. The number of hydrogen-bond acceptors (Lipinski definition) is 5. The van der Waals surface area contributed by atoms with Crippen LogP contribution in [0.2, 0.25) is 0 Å². The summed E-state index contributed by atoms with van der Waals surface area (Å²) in [5.41, 5.74) is -0.582. The molecule has 0 saturated carbocycles. The zero-order valence-corrected chi connectivity index (χ0v) is 9.62. The first-order valence-electron chi connectivity index (χ1n) is 4.86. The molecule has 0 aromatic carbocycles. The van der Waals surface area contributed by atoms with Crippen LogP contribution in [0.25, 0.3) is 0 Å². The number of rotatable bonds is 4. The Labute approximate surface area is 104 Å². The van der Waals surface area contributed by atoms with Crippen molar-refractivity contribution in [2.75, 3.05) is 7.11 Å². The number of ether oxygens (including phenoxy) is 2. The van der Waals surface area contributed by atoms with Crippen molar-refractivity contribution >= 4 is 5.97 Å². The molecule has 1 aromatic rings. The van der Waals surface area contributed by atoms with Gasteiger partial charge in [0.15, 0.2) is 5.75 Å². The monoisotopic (exact) mass is 283 g/mol. The third-order valence-electron chi connectivity index (χ3n) is 2.12. The molecule has 1 N–H and O–H groups in total. The molecule has 0 aliphatic rings. The second-order valence-corrected chi connectivity index (χ2v) is 3.35. The zero-order chi connectivity index (χ0) is 14.6. The predicted octanol–water partition coefficient (Wildman–Crippen LogP) is 1.87. The number of methoxy groups -OCH3 is 1. The lowest BCUT2D eigenvalue weighted by atomic mass is 10.1. The SMILES string of the molecule is COC(=O)Cc1cnc(OC(F)(F)F)c(O)c1CF. The van der Waals surface area contributed by atoms with Gasteiger partial charge in [-0.25, -0.2) is 9.37 Å². The molecule has 0 fully saturated rings. The second-order valence-electron chi connectivity index (χ2n) is 3.35. The molecule has 9 heteroatoms. The number of aromatic nitrogens is 1. The van der Waals surface area contributed by atoms with E-state index in [1.54, 1.807) is 0 Å².